The number of carbonyl (C=O) groups excluding carboxylic acids is 1. The number of hydrogen-bond donors (Lipinski definition) is 0. The van der Waals surface area contributed by atoms with Crippen molar-refractivity contribution < 1.29 is 31.1 Å². The molecule has 0 saturated carbocycles. The van der Waals surface area contributed by atoms with Gasteiger partial charge in [0.05, 0.1) is 11.1 Å². The molecule has 9 heteroatoms. The molecule has 4 rings (SSSR count). The molecule has 0 bridgehead atoms. The predicted octanol–water partition coefficient (Wildman–Crippen LogP) is 8.44. The highest BCUT2D eigenvalue weighted by Gasteiger charge is 2.31. The van der Waals surface area contributed by atoms with Gasteiger partial charge in [0.2, 0.25) is 0 Å². The van der Waals surface area contributed by atoms with Gasteiger partial charge in [-0.25, -0.2) is 0 Å². The molecule has 1 atom stereocenters. The first-order valence-electron chi connectivity index (χ1n) is 13.2. The Kier molecular flexibility index (Phi) is 8.52. The molecular formula is C31H32F6N2O. The van der Waals surface area contributed by atoms with Crippen molar-refractivity contribution in [2.24, 2.45) is 5.92 Å². The zero-order valence-electron chi connectivity index (χ0n) is 22.6. The number of anilines is 2. The molecule has 0 spiro atoms. The molecule has 1 saturated heterocycles. The van der Waals surface area contributed by atoms with E-state index in [0.717, 1.165) is 41.1 Å². The summed E-state index contributed by atoms with van der Waals surface area (Å²) in [4.78, 5) is 16.8. The number of ketones is 1. The summed E-state index contributed by atoms with van der Waals surface area (Å²) in [6.45, 7) is 7.97. The highest BCUT2D eigenvalue weighted by Crippen LogP contribution is 2.36. The molecule has 1 unspecified atom stereocenters. The number of piperazine rings is 1. The van der Waals surface area contributed by atoms with Crippen molar-refractivity contribution in [2.75, 3.05) is 36.0 Å². The van der Waals surface area contributed by atoms with E-state index in [2.05, 4.69) is 4.90 Å². The number of halogens is 6. The quantitative estimate of drug-likeness (QED) is 0.270. The Morgan fingerprint density at radius 3 is 1.62 bits per heavy atom. The van der Waals surface area contributed by atoms with Crippen molar-refractivity contribution in [3.8, 4) is 11.1 Å². The van der Waals surface area contributed by atoms with Crippen LogP contribution in [-0.2, 0) is 17.1 Å². The Labute approximate surface area is 230 Å². The highest BCUT2D eigenvalue weighted by molar-refractivity contribution is 5.85. The van der Waals surface area contributed by atoms with Crippen molar-refractivity contribution in [3.63, 3.8) is 0 Å². The van der Waals surface area contributed by atoms with E-state index >= 15 is 0 Å². The smallest absolute Gasteiger partial charge is 0.368 e. The zero-order chi connectivity index (χ0) is 29.2. The summed E-state index contributed by atoms with van der Waals surface area (Å²) in [6, 6.07) is 15.9. The minimum Gasteiger partial charge on any atom is -0.368 e. The number of rotatable bonds is 7. The molecule has 3 aromatic carbocycles. The molecule has 0 aromatic heterocycles. The second-order valence-corrected chi connectivity index (χ2v) is 10.7. The fourth-order valence-electron chi connectivity index (χ4n) is 5.13. The van der Waals surface area contributed by atoms with Crippen LogP contribution in [0, 0.1) is 5.92 Å². The first-order valence-corrected chi connectivity index (χ1v) is 13.2. The van der Waals surface area contributed by atoms with E-state index < -0.39 is 23.5 Å². The van der Waals surface area contributed by atoms with Gasteiger partial charge in [-0.2, -0.15) is 26.3 Å². The lowest BCUT2D eigenvalue weighted by Gasteiger charge is -2.38. The number of alkyl halides is 6. The Hall–Kier alpha value is -3.49. The molecule has 3 aromatic rings. The molecule has 0 amide bonds. The third-order valence-electron chi connectivity index (χ3n) is 7.29. The van der Waals surface area contributed by atoms with Crippen LogP contribution in [0.3, 0.4) is 0 Å². The van der Waals surface area contributed by atoms with Gasteiger partial charge in [0.15, 0.2) is 0 Å². The summed E-state index contributed by atoms with van der Waals surface area (Å²) in [7, 11) is 0. The van der Waals surface area contributed by atoms with Crippen LogP contribution in [0.4, 0.5) is 37.7 Å². The summed E-state index contributed by atoms with van der Waals surface area (Å²) in [6.07, 6.45) is -8.18. The molecule has 0 N–H and O–H groups in total. The summed E-state index contributed by atoms with van der Waals surface area (Å²) >= 11 is 0. The van der Waals surface area contributed by atoms with Crippen LogP contribution in [0.5, 0.6) is 0 Å². The van der Waals surface area contributed by atoms with Gasteiger partial charge in [0.25, 0.3) is 0 Å². The maximum Gasteiger partial charge on any atom is 0.416 e. The fraction of sp³-hybridized carbons (Fsp3) is 0.387. The molecule has 0 radical (unpaired) electrons. The average Bonchev–Trinajstić information content (AvgIpc) is 2.90. The number of benzene rings is 3. The van der Waals surface area contributed by atoms with E-state index in [4.69, 9.17) is 0 Å². The van der Waals surface area contributed by atoms with Gasteiger partial charge in [-0.05, 0) is 84.5 Å². The molecule has 1 heterocycles. The predicted molar refractivity (Wildman–Crippen MR) is 146 cm³/mol. The van der Waals surface area contributed by atoms with E-state index in [0.29, 0.717) is 43.9 Å². The number of carbonyl (C=O) groups is 1. The van der Waals surface area contributed by atoms with Gasteiger partial charge in [0, 0.05) is 43.5 Å². The SMILES string of the molecule is CC(=O)C(CC(C)C)c1cc(-c2ccc(C(F)(F)F)cc2)cc(N2CCN(c3ccc(C(F)(F)F)cc3)CC2)c1. The van der Waals surface area contributed by atoms with E-state index in [1.807, 2.05) is 36.9 Å². The van der Waals surface area contributed by atoms with Gasteiger partial charge in [-0.1, -0.05) is 32.0 Å². The highest BCUT2D eigenvalue weighted by atomic mass is 19.4. The van der Waals surface area contributed by atoms with E-state index in [9.17, 15) is 31.1 Å². The maximum atomic E-state index is 13.1. The first-order chi connectivity index (χ1) is 18.7. The fourth-order valence-corrected chi connectivity index (χ4v) is 5.13. The van der Waals surface area contributed by atoms with Gasteiger partial charge in [0.1, 0.15) is 5.78 Å². The normalized spacial score (nSPS) is 15.4. The monoisotopic (exact) mass is 562 g/mol. The number of nitrogens with zero attached hydrogens (tertiary/aromatic N) is 2. The minimum atomic E-state index is -4.44. The van der Waals surface area contributed by atoms with Crippen LogP contribution in [0.25, 0.3) is 11.1 Å². The molecular weight excluding hydrogens is 530 g/mol. The summed E-state index contributed by atoms with van der Waals surface area (Å²) in [5.74, 6) is -0.0581. The first kappa shape index (κ1) is 29.5. The van der Waals surface area contributed by atoms with Crippen molar-refractivity contribution in [1.82, 2.24) is 0 Å². The van der Waals surface area contributed by atoms with Gasteiger partial charge in [-0.15, -0.1) is 0 Å². The third kappa shape index (κ3) is 6.98. The summed E-state index contributed by atoms with van der Waals surface area (Å²) in [5.41, 5.74) is 2.30. The molecule has 40 heavy (non-hydrogen) atoms. The minimum absolute atomic E-state index is 0.0244. The Morgan fingerprint density at radius 2 is 1.18 bits per heavy atom. The number of hydrogen-bond acceptors (Lipinski definition) is 3. The molecule has 1 aliphatic rings. The van der Waals surface area contributed by atoms with Crippen molar-refractivity contribution in [1.29, 1.82) is 0 Å². The van der Waals surface area contributed by atoms with Crippen LogP contribution in [0.15, 0.2) is 66.7 Å². The zero-order valence-corrected chi connectivity index (χ0v) is 22.6. The van der Waals surface area contributed by atoms with Crippen molar-refractivity contribution >= 4 is 17.2 Å². The third-order valence-corrected chi connectivity index (χ3v) is 7.29. The lowest BCUT2D eigenvalue weighted by Crippen LogP contribution is -2.46. The summed E-state index contributed by atoms with van der Waals surface area (Å²) < 4.78 is 78.2. The second kappa shape index (κ2) is 11.6. The van der Waals surface area contributed by atoms with Crippen LogP contribution in [-0.4, -0.2) is 32.0 Å². The van der Waals surface area contributed by atoms with Crippen molar-refractivity contribution in [3.05, 3.63) is 83.4 Å². The van der Waals surface area contributed by atoms with Crippen LogP contribution >= 0.6 is 0 Å². The van der Waals surface area contributed by atoms with Gasteiger partial charge in [-0.3, -0.25) is 4.79 Å². The van der Waals surface area contributed by atoms with E-state index in [1.165, 1.54) is 24.3 Å². The topological polar surface area (TPSA) is 23.6 Å². The lowest BCUT2D eigenvalue weighted by molar-refractivity contribution is -0.138. The molecule has 214 valence electrons. The Balaban J connectivity index is 1.62. The Morgan fingerprint density at radius 1 is 0.700 bits per heavy atom. The molecule has 0 aliphatic carbocycles. The standard InChI is InChI=1S/C31H32F6N2O/c1-20(2)16-29(21(3)40)24-17-23(22-4-6-25(7-5-22)30(32,33)34)18-28(19-24)39-14-12-38(13-15-39)27-10-8-26(9-11-27)31(35,36)37/h4-11,17-20,29H,12-16H2,1-3H3. The molecule has 3 nitrogen and oxygen atoms in total. The van der Waals surface area contributed by atoms with Crippen LogP contribution < -0.4 is 9.80 Å². The average molecular weight is 563 g/mol. The van der Waals surface area contributed by atoms with Crippen LogP contribution in [0.1, 0.15) is 49.8 Å². The van der Waals surface area contributed by atoms with Crippen LogP contribution in [0.2, 0.25) is 0 Å². The van der Waals surface area contributed by atoms with Gasteiger partial charge < -0.3 is 9.80 Å². The van der Waals surface area contributed by atoms with Crippen molar-refractivity contribution in [2.45, 2.75) is 45.5 Å². The molecule has 1 aliphatic heterocycles. The largest absolute Gasteiger partial charge is 0.416 e. The van der Waals surface area contributed by atoms with E-state index in [-0.39, 0.29) is 17.6 Å². The van der Waals surface area contributed by atoms with E-state index in [1.54, 1.807) is 6.92 Å². The van der Waals surface area contributed by atoms with Gasteiger partial charge >= 0.3 is 12.4 Å². The maximum absolute atomic E-state index is 13.1. The summed E-state index contributed by atoms with van der Waals surface area (Å²) in [5, 5.41) is 0. The number of Topliss-reactive ketones (excluding diaryl/α,β-unsaturated/α-hetero) is 1. The lowest BCUT2D eigenvalue weighted by atomic mass is 9.85. The molecule has 1 fully saturated rings. The Bertz CT molecular complexity index is 1310. The second-order valence-electron chi connectivity index (χ2n) is 10.7.